The van der Waals surface area contributed by atoms with Gasteiger partial charge in [0.15, 0.2) is 0 Å². The van der Waals surface area contributed by atoms with E-state index in [1.165, 1.54) is 5.56 Å². The van der Waals surface area contributed by atoms with Gasteiger partial charge in [0.25, 0.3) is 0 Å². The third-order valence-electron chi connectivity index (χ3n) is 5.04. The zero-order valence-electron chi connectivity index (χ0n) is 14.3. The van der Waals surface area contributed by atoms with Crippen molar-refractivity contribution < 1.29 is 9.53 Å². The Labute approximate surface area is 148 Å². The van der Waals surface area contributed by atoms with Gasteiger partial charge in [0.1, 0.15) is 6.10 Å². The van der Waals surface area contributed by atoms with E-state index in [-0.39, 0.29) is 18.2 Å². The van der Waals surface area contributed by atoms with Crippen LogP contribution in [0.25, 0.3) is 0 Å². The Balaban J connectivity index is 1.31. The third-order valence-corrected chi connectivity index (χ3v) is 5.04. The van der Waals surface area contributed by atoms with Gasteiger partial charge in [-0.2, -0.15) is 0 Å². The van der Waals surface area contributed by atoms with E-state index in [2.05, 4.69) is 40.2 Å². The van der Waals surface area contributed by atoms with Crippen LogP contribution in [0.3, 0.4) is 0 Å². The highest BCUT2D eigenvalue weighted by Gasteiger charge is 2.47. The maximum absolute atomic E-state index is 12.2. The Hall–Kier alpha value is -2.40. The van der Waals surface area contributed by atoms with Crippen molar-refractivity contribution in [3.8, 4) is 0 Å². The van der Waals surface area contributed by atoms with Crippen LogP contribution in [0.15, 0.2) is 54.7 Å². The Morgan fingerprint density at radius 1 is 1.08 bits per heavy atom. The summed E-state index contributed by atoms with van der Waals surface area (Å²) >= 11 is 0. The molecule has 5 nitrogen and oxygen atoms in total. The van der Waals surface area contributed by atoms with Gasteiger partial charge in [-0.3, -0.25) is 14.8 Å². The van der Waals surface area contributed by atoms with Gasteiger partial charge in [0.05, 0.1) is 18.3 Å². The number of likely N-dealkylation sites (tertiary alicyclic amines) is 1. The molecule has 2 aliphatic heterocycles. The van der Waals surface area contributed by atoms with Crippen molar-refractivity contribution >= 4 is 6.09 Å². The fraction of sp³-hybridized carbons (Fsp3) is 0.400. The molecule has 0 spiro atoms. The Bertz CT molecular complexity index is 707. The number of amides is 1. The van der Waals surface area contributed by atoms with Crippen molar-refractivity contribution in [3.05, 3.63) is 66.0 Å². The second kappa shape index (κ2) is 7.23. The van der Waals surface area contributed by atoms with Crippen molar-refractivity contribution in [2.45, 2.75) is 31.5 Å². The van der Waals surface area contributed by atoms with Crippen LogP contribution < -0.4 is 0 Å². The van der Waals surface area contributed by atoms with Gasteiger partial charge in [-0.1, -0.05) is 36.4 Å². The molecule has 0 bridgehead atoms. The monoisotopic (exact) mass is 337 g/mol. The first-order valence-corrected chi connectivity index (χ1v) is 8.93. The van der Waals surface area contributed by atoms with E-state index in [0.717, 1.165) is 38.2 Å². The number of pyridine rings is 1. The molecule has 4 rings (SSSR count). The minimum absolute atomic E-state index is 0.00654. The van der Waals surface area contributed by atoms with E-state index in [0.29, 0.717) is 6.54 Å². The summed E-state index contributed by atoms with van der Waals surface area (Å²) in [6, 6.07) is 16.5. The molecule has 2 atom stereocenters. The maximum Gasteiger partial charge on any atom is 0.410 e. The van der Waals surface area contributed by atoms with E-state index >= 15 is 0 Å². The van der Waals surface area contributed by atoms with Crippen LogP contribution in [-0.4, -0.2) is 52.7 Å². The molecule has 2 aliphatic rings. The lowest BCUT2D eigenvalue weighted by Gasteiger charge is -2.22. The summed E-state index contributed by atoms with van der Waals surface area (Å²) in [7, 11) is 0. The van der Waals surface area contributed by atoms with Gasteiger partial charge < -0.3 is 4.74 Å². The molecular formula is C20H23N3O2. The first kappa shape index (κ1) is 16.1. The van der Waals surface area contributed by atoms with Crippen molar-refractivity contribution in [2.24, 2.45) is 0 Å². The Morgan fingerprint density at radius 2 is 1.92 bits per heavy atom. The quantitative estimate of drug-likeness (QED) is 0.813. The summed E-state index contributed by atoms with van der Waals surface area (Å²) in [6.07, 6.45) is 3.76. The van der Waals surface area contributed by atoms with Gasteiger partial charge in [-0.15, -0.1) is 0 Å². The molecule has 130 valence electrons. The molecular weight excluding hydrogens is 314 g/mol. The van der Waals surface area contributed by atoms with Gasteiger partial charge >= 0.3 is 6.09 Å². The van der Waals surface area contributed by atoms with Crippen LogP contribution in [0.1, 0.15) is 17.7 Å². The fourth-order valence-electron chi connectivity index (χ4n) is 3.76. The number of benzene rings is 1. The molecule has 2 aromatic rings. The number of fused-ring (bicyclic) bond motifs is 1. The second-order valence-electron chi connectivity index (χ2n) is 6.79. The molecule has 1 aromatic heterocycles. The van der Waals surface area contributed by atoms with Crippen LogP contribution in [0.2, 0.25) is 0 Å². The summed E-state index contributed by atoms with van der Waals surface area (Å²) in [5, 5.41) is 0. The van der Waals surface area contributed by atoms with Crippen molar-refractivity contribution in [3.63, 3.8) is 0 Å². The van der Waals surface area contributed by atoms with Gasteiger partial charge in [0.2, 0.25) is 0 Å². The summed E-state index contributed by atoms with van der Waals surface area (Å²) in [5.41, 5.74) is 2.28. The molecule has 5 heteroatoms. The van der Waals surface area contributed by atoms with E-state index in [1.54, 1.807) is 6.20 Å². The molecule has 0 radical (unpaired) electrons. The van der Waals surface area contributed by atoms with E-state index < -0.39 is 0 Å². The van der Waals surface area contributed by atoms with Crippen LogP contribution in [0.5, 0.6) is 0 Å². The first-order valence-electron chi connectivity index (χ1n) is 8.93. The molecule has 1 aromatic carbocycles. The number of aromatic nitrogens is 1. The minimum atomic E-state index is -0.204. The van der Waals surface area contributed by atoms with E-state index in [9.17, 15) is 4.79 Å². The largest absolute Gasteiger partial charge is 0.442 e. The van der Waals surface area contributed by atoms with Crippen molar-refractivity contribution in [1.82, 2.24) is 14.8 Å². The smallest absolute Gasteiger partial charge is 0.410 e. The third kappa shape index (κ3) is 3.66. The summed E-state index contributed by atoms with van der Waals surface area (Å²) in [5.74, 6) is 0. The highest BCUT2D eigenvalue weighted by molar-refractivity contribution is 5.71. The molecule has 25 heavy (non-hydrogen) atoms. The lowest BCUT2D eigenvalue weighted by atomic mass is 10.1. The van der Waals surface area contributed by atoms with E-state index in [1.807, 2.05) is 23.1 Å². The molecule has 2 saturated heterocycles. The normalized spacial score (nSPS) is 22.9. The number of carbonyl (C=O) groups is 1. The number of hydrogen-bond acceptors (Lipinski definition) is 4. The molecule has 0 saturated carbocycles. The molecule has 1 amide bonds. The highest BCUT2D eigenvalue weighted by Crippen LogP contribution is 2.28. The standard InChI is InChI=1S/C20H23N3O2/c24-20-23(13-17-10-4-5-11-21-17)18-14-22(15-19(18)25-20)12-6-9-16-7-2-1-3-8-16/h1-5,7-8,10-11,18-19H,6,9,12-15H2/t18-,19+/m0/s1. The SMILES string of the molecule is O=C1O[C@@H]2CN(CCCc3ccccc3)C[C@@H]2N1Cc1ccccn1. The number of aryl methyl sites for hydroxylation is 1. The van der Waals surface area contributed by atoms with Gasteiger partial charge in [0, 0.05) is 19.3 Å². The fourth-order valence-corrected chi connectivity index (χ4v) is 3.76. The molecule has 0 unspecified atom stereocenters. The van der Waals surface area contributed by atoms with Crippen LogP contribution in [0.4, 0.5) is 4.79 Å². The zero-order chi connectivity index (χ0) is 17.1. The molecule has 0 aliphatic carbocycles. The molecule has 2 fully saturated rings. The van der Waals surface area contributed by atoms with Crippen molar-refractivity contribution in [2.75, 3.05) is 19.6 Å². The average molecular weight is 337 g/mol. The number of rotatable bonds is 6. The van der Waals surface area contributed by atoms with Crippen LogP contribution >= 0.6 is 0 Å². The number of ether oxygens (including phenoxy) is 1. The summed E-state index contributed by atoms with van der Waals surface area (Å²) in [4.78, 5) is 20.7. The van der Waals surface area contributed by atoms with E-state index in [4.69, 9.17) is 4.74 Å². The van der Waals surface area contributed by atoms with Crippen LogP contribution in [0, 0.1) is 0 Å². The van der Waals surface area contributed by atoms with Gasteiger partial charge in [-0.05, 0) is 37.1 Å². The first-order chi connectivity index (χ1) is 12.3. The molecule has 0 N–H and O–H groups in total. The van der Waals surface area contributed by atoms with Crippen molar-refractivity contribution in [1.29, 1.82) is 0 Å². The predicted octanol–water partition coefficient (Wildman–Crippen LogP) is 2.72. The summed E-state index contributed by atoms with van der Waals surface area (Å²) in [6.45, 7) is 3.29. The highest BCUT2D eigenvalue weighted by atomic mass is 16.6. The minimum Gasteiger partial charge on any atom is -0.442 e. The number of carbonyl (C=O) groups excluding carboxylic acids is 1. The predicted molar refractivity (Wildman–Crippen MR) is 95.0 cm³/mol. The Kier molecular flexibility index (Phi) is 4.65. The maximum atomic E-state index is 12.2. The second-order valence-corrected chi connectivity index (χ2v) is 6.79. The number of nitrogens with zero attached hydrogens (tertiary/aromatic N) is 3. The molecule has 3 heterocycles. The lowest BCUT2D eigenvalue weighted by Crippen LogP contribution is -2.37. The zero-order valence-corrected chi connectivity index (χ0v) is 14.3. The Morgan fingerprint density at radius 3 is 2.72 bits per heavy atom. The van der Waals surface area contributed by atoms with Gasteiger partial charge in [-0.25, -0.2) is 4.79 Å². The summed E-state index contributed by atoms with van der Waals surface area (Å²) < 4.78 is 5.58. The number of hydrogen-bond donors (Lipinski definition) is 0. The average Bonchev–Trinajstić information content (AvgIpc) is 3.15. The van der Waals surface area contributed by atoms with Crippen LogP contribution in [-0.2, 0) is 17.7 Å². The lowest BCUT2D eigenvalue weighted by molar-refractivity contribution is 0.120. The topological polar surface area (TPSA) is 45.7 Å².